The van der Waals surface area contributed by atoms with Crippen LogP contribution in [0.15, 0.2) is 51.9 Å². The lowest BCUT2D eigenvalue weighted by molar-refractivity contribution is 0.373. The minimum absolute atomic E-state index is 0.0232. The number of methoxy groups -OCH3 is 3. The van der Waals surface area contributed by atoms with E-state index in [2.05, 4.69) is 9.88 Å². The van der Waals surface area contributed by atoms with Gasteiger partial charge in [-0.15, -0.1) is 0 Å². The molecule has 8 nitrogen and oxygen atoms in total. The first-order valence-electron chi connectivity index (χ1n) is 7.94. The Hall–Kier alpha value is -2.91. The number of halogens is 1. The largest absolute Gasteiger partial charge is 0.496 e. The number of ether oxygens (including phenoxy) is 3. The Balaban J connectivity index is 1.98. The molecule has 0 saturated carbocycles. The number of anilines is 1. The van der Waals surface area contributed by atoms with Gasteiger partial charge >= 0.3 is 0 Å². The molecule has 0 bridgehead atoms. The highest BCUT2D eigenvalue weighted by atomic mass is 35.5. The molecule has 148 valence electrons. The third-order valence-electron chi connectivity index (χ3n) is 3.83. The molecule has 0 fully saturated rings. The highest BCUT2D eigenvalue weighted by molar-refractivity contribution is 7.93. The maximum atomic E-state index is 12.9. The van der Waals surface area contributed by atoms with E-state index in [1.807, 2.05) is 0 Å². The smallest absolute Gasteiger partial charge is 0.270 e. The Kier molecular flexibility index (Phi) is 5.66. The molecule has 0 unspecified atom stereocenters. The van der Waals surface area contributed by atoms with Crippen LogP contribution in [0.5, 0.6) is 17.2 Å². The molecule has 3 rings (SSSR count). The Morgan fingerprint density at radius 3 is 2.21 bits per heavy atom. The van der Waals surface area contributed by atoms with E-state index < -0.39 is 10.0 Å². The van der Waals surface area contributed by atoms with Gasteiger partial charge in [-0.25, -0.2) is 8.42 Å². The van der Waals surface area contributed by atoms with Crippen molar-refractivity contribution < 1.29 is 27.2 Å². The molecule has 2 aromatic carbocycles. The third-order valence-corrected chi connectivity index (χ3v) is 5.48. The molecule has 1 N–H and O–H groups in total. The minimum atomic E-state index is -4.07. The normalized spacial score (nSPS) is 11.1. The molecule has 0 radical (unpaired) electrons. The zero-order valence-corrected chi connectivity index (χ0v) is 16.8. The van der Waals surface area contributed by atoms with Crippen molar-refractivity contribution in [2.24, 2.45) is 0 Å². The van der Waals surface area contributed by atoms with Gasteiger partial charge in [-0.05, 0) is 30.3 Å². The summed E-state index contributed by atoms with van der Waals surface area (Å²) in [4.78, 5) is -0.148. The van der Waals surface area contributed by atoms with Crippen molar-refractivity contribution >= 4 is 27.4 Å². The lowest BCUT2D eigenvalue weighted by atomic mass is 10.1. The van der Waals surface area contributed by atoms with Gasteiger partial charge in [-0.1, -0.05) is 22.8 Å². The van der Waals surface area contributed by atoms with E-state index in [0.29, 0.717) is 16.3 Å². The summed E-state index contributed by atoms with van der Waals surface area (Å²) in [6, 6.07) is 11.0. The van der Waals surface area contributed by atoms with Crippen LogP contribution in [0, 0.1) is 0 Å². The van der Waals surface area contributed by atoms with Crippen LogP contribution in [0.4, 0.5) is 5.82 Å². The highest BCUT2D eigenvalue weighted by Crippen LogP contribution is 2.36. The fraction of sp³-hybridized carbons (Fsp3) is 0.167. The number of nitrogens with zero attached hydrogens (tertiary/aromatic N) is 1. The van der Waals surface area contributed by atoms with E-state index >= 15 is 0 Å². The molecule has 0 aliphatic rings. The van der Waals surface area contributed by atoms with Crippen molar-refractivity contribution in [1.82, 2.24) is 5.16 Å². The average molecular weight is 425 g/mol. The quantitative estimate of drug-likeness (QED) is 0.615. The van der Waals surface area contributed by atoms with Crippen LogP contribution < -0.4 is 18.9 Å². The fourth-order valence-electron chi connectivity index (χ4n) is 2.59. The van der Waals surface area contributed by atoms with Gasteiger partial charge in [0.1, 0.15) is 17.2 Å². The summed E-state index contributed by atoms with van der Waals surface area (Å²) in [5.74, 6) is 1.02. The van der Waals surface area contributed by atoms with E-state index in [4.69, 9.17) is 30.3 Å². The SMILES string of the molecule is COc1ccc(Cl)cc1-c1cc(NS(=O)(=O)c2c(OC)cccc2OC)no1. The van der Waals surface area contributed by atoms with Crippen LogP contribution in [0.25, 0.3) is 11.3 Å². The van der Waals surface area contributed by atoms with Gasteiger partial charge in [-0.3, -0.25) is 4.72 Å². The van der Waals surface area contributed by atoms with Crippen molar-refractivity contribution in [2.45, 2.75) is 4.90 Å². The Labute approximate surface area is 167 Å². The summed E-state index contributed by atoms with van der Waals surface area (Å²) in [5.41, 5.74) is 0.530. The second kappa shape index (κ2) is 7.99. The predicted octanol–water partition coefficient (Wildman–Crippen LogP) is 3.82. The van der Waals surface area contributed by atoms with Gasteiger partial charge in [0.15, 0.2) is 16.5 Å². The second-order valence-electron chi connectivity index (χ2n) is 5.52. The summed E-state index contributed by atoms with van der Waals surface area (Å²) in [5, 5.41) is 4.24. The summed E-state index contributed by atoms with van der Waals surface area (Å²) >= 11 is 6.03. The first-order chi connectivity index (χ1) is 13.4. The van der Waals surface area contributed by atoms with E-state index in [-0.39, 0.29) is 28.0 Å². The fourth-order valence-corrected chi connectivity index (χ4v) is 4.07. The molecule has 1 aromatic heterocycles. The first kappa shape index (κ1) is 19.8. The number of hydrogen-bond donors (Lipinski definition) is 1. The monoisotopic (exact) mass is 424 g/mol. The van der Waals surface area contributed by atoms with Crippen LogP contribution >= 0.6 is 11.6 Å². The van der Waals surface area contributed by atoms with Gasteiger partial charge in [0.25, 0.3) is 10.0 Å². The molecule has 0 amide bonds. The van der Waals surface area contributed by atoms with Gasteiger partial charge in [0.05, 0.1) is 26.9 Å². The van der Waals surface area contributed by atoms with Crippen LogP contribution in [0.1, 0.15) is 0 Å². The van der Waals surface area contributed by atoms with E-state index in [1.165, 1.54) is 39.5 Å². The molecule has 0 saturated heterocycles. The molecular formula is C18H17ClN2O6S. The maximum absolute atomic E-state index is 12.9. The maximum Gasteiger partial charge on any atom is 0.270 e. The van der Waals surface area contributed by atoms with Crippen LogP contribution in [0.3, 0.4) is 0 Å². The van der Waals surface area contributed by atoms with Crippen molar-refractivity contribution in [3.8, 4) is 28.6 Å². The second-order valence-corrected chi connectivity index (χ2v) is 7.57. The Morgan fingerprint density at radius 2 is 1.61 bits per heavy atom. The zero-order valence-electron chi connectivity index (χ0n) is 15.2. The molecule has 3 aromatic rings. The van der Waals surface area contributed by atoms with E-state index in [9.17, 15) is 8.42 Å². The summed E-state index contributed by atoms with van der Waals surface area (Å²) in [7, 11) is 0.166. The highest BCUT2D eigenvalue weighted by Gasteiger charge is 2.26. The number of sulfonamides is 1. The van der Waals surface area contributed by atoms with Crippen LogP contribution in [0.2, 0.25) is 5.02 Å². The topological polar surface area (TPSA) is 99.9 Å². The van der Waals surface area contributed by atoms with Crippen molar-refractivity contribution in [3.63, 3.8) is 0 Å². The molecule has 0 atom stereocenters. The molecule has 1 heterocycles. The van der Waals surface area contributed by atoms with Crippen molar-refractivity contribution in [3.05, 3.63) is 47.5 Å². The summed E-state index contributed by atoms with van der Waals surface area (Å²) in [6.07, 6.45) is 0. The van der Waals surface area contributed by atoms with Gasteiger partial charge < -0.3 is 18.7 Å². The van der Waals surface area contributed by atoms with Crippen molar-refractivity contribution in [1.29, 1.82) is 0 Å². The van der Waals surface area contributed by atoms with Gasteiger partial charge in [0, 0.05) is 11.1 Å². The Bertz CT molecular complexity index is 1070. The minimum Gasteiger partial charge on any atom is -0.496 e. The summed E-state index contributed by atoms with van der Waals surface area (Å²) < 4.78 is 49.0. The zero-order chi connectivity index (χ0) is 20.3. The lowest BCUT2D eigenvalue weighted by Gasteiger charge is -2.13. The van der Waals surface area contributed by atoms with Crippen LogP contribution in [-0.2, 0) is 10.0 Å². The van der Waals surface area contributed by atoms with Gasteiger partial charge in [0.2, 0.25) is 0 Å². The van der Waals surface area contributed by atoms with Gasteiger partial charge in [-0.2, -0.15) is 0 Å². The molecule has 0 spiro atoms. The molecule has 28 heavy (non-hydrogen) atoms. The molecule has 10 heteroatoms. The third kappa shape index (κ3) is 3.85. The van der Waals surface area contributed by atoms with Crippen LogP contribution in [-0.4, -0.2) is 34.9 Å². The summed E-state index contributed by atoms with van der Waals surface area (Å²) in [6.45, 7) is 0. The Morgan fingerprint density at radius 1 is 0.964 bits per heavy atom. The molecular weight excluding hydrogens is 408 g/mol. The number of hydrogen-bond acceptors (Lipinski definition) is 7. The molecule has 0 aliphatic carbocycles. The number of rotatable bonds is 7. The van der Waals surface area contributed by atoms with Crippen molar-refractivity contribution in [2.75, 3.05) is 26.1 Å². The first-order valence-corrected chi connectivity index (χ1v) is 9.80. The number of nitrogens with one attached hydrogen (secondary N) is 1. The van der Waals surface area contributed by atoms with E-state index in [0.717, 1.165) is 0 Å². The molecule has 0 aliphatic heterocycles. The number of benzene rings is 2. The predicted molar refractivity (Wildman–Crippen MR) is 104 cm³/mol. The number of aromatic nitrogens is 1. The lowest BCUT2D eigenvalue weighted by Crippen LogP contribution is -2.15. The average Bonchev–Trinajstić information content (AvgIpc) is 3.14. The van der Waals surface area contributed by atoms with E-state index in [1.54, 1.807) is 24.3 Å². The standard InChI is InChI=1S/C18H17ClN2O6S/c1-24-13-8-7-11(19)9-12(13)16-10-17(20-27-16)21-28(22,23)18-14(25-2)5-4-6-15(18)26-3/h4-10H,1-3H3,(H,20,21).